The number of nitrogens with zero attached hydrogens (tertiary/aromatic N) is 1. The maximum atomic E-state index is 12.7. The number of benzene rings is 2. The van der Waals surface area contributed by atoms with Crippen LogP contribution in [0.15, 0.2) is 70.0 Å². The van der Waals surface area contributed by atoms with E-state index in [1.165, 1.54) is 10.5 Å². The van der Waals surface area contributed by atoms with E-state index in [0.29, 0.717) is 16.4 Å². The number of carbonyl (C=O) groups excluding carboxylic acids is 2. The Balaban J connectivity index is 1.50. The molecule has 0 saturated carbocycles. The highest BCUT2D eigenvalue weighted by Gasteiger charge is 2.35. The van der Waals surface area contributed by atoms with Gasteiger partial charge in [0.05, 0.1) is 18.6 Å². The van der Waals surface area contributed by atoms with Crippen LogP contribution in [-0.4, -0.2) is 23.2 Å². The first-order valence-electron chi connectivity index (χ1n) is 9.08. The largest absolute Gasteiger partial charge is 0.497 e. The number of methoxy groups -OCH3 is 1. The standard InChI is InChI=1S/C23H19NO4S/c1-15-3-7-17(8-4-15)20-12-11-19(28-20)13-21-22(25)24(23(26)29-21)14-16-5-9-18(27-2)10-6-16/h3-13H,14H2,1-2H3/b21-13-. The van der Waals surface area contributed by atoms with Crippen LogP contribution >= 0.6 is 11.8 Å². The zero-order valence-electron chi connectivity index (χ0n) is 16.0. The Morgan fingerprint density at radius 3 is 2.41 bits per heavy atom. The summed E-state index contributed by atoms with van der Waals surface area (Å²) in [7, 11) is 1.59. The smallest absolute Gasteiger partial charge is 0.293 e. The predicted octanol–water partition coefficient (Wildman–Crippen LogP) is 5.50. The third-order valence-electron chi connectivity index (χ3n) is 4.61. The summed E-state index contributed by atoms with van der Waals surface area (Å²) in [6, 6.07) is 19.0. The Kier molecular flexibility index (Phi) is 5.27. The quantitative estimate of drug-likeness (QED) is 0.525. The maximum Gasteiger partial charge on any atom is 0.293 e. The molecule has 1 saturated heterocycles. The molecular formula is C23H19NO4S. The molecule has 1 aliphatic heterocycles. The molecule has 146 valence electrons. The molecule has 0 bridgehead atoms. The molecule has 1 aromatic heterocycles. The number of imide groups is 1. The van der Waals surface area contributed by atoms with Gasteiger partial charge < -0.3 is 9.15 Å². The fourth-order valence-electron chi connectivity index (χ4n) is 2.98. The molecule has 2 amide bonds. The number of carbonyl (C=O) groups is 2. The molecule has 1 fully saturated rings. The molecule has 1 aliphatic rings. The van der Waals surface area contributed by atoms with Crippen LogP contribution in [0, 0.1) is 6.92 Å². The minimum absolute atomic E-state index is 0.221. The second kappa shape index (κ2) is 8.01. The average Bonchev–Trinajstić information content (AvgIpc) is 3.29. The van der Waals surface area contributed by atoms with Crippen LogP contribution in [0.4, 0.5) is 4.79 Å². The number of hydrogen-bond acceptors (Lipinski definition) is 5. The highest BCUT2D eigenvalue weighted by molar-refractivity contribution is 8.18. The van der Waals surface area contributed by atoms with Gasteiger partial charge in [0.1, 0.15) is 17.3 Å². The number of hydrogen-bond donors (Lipinski definition) is 0. The van der Waals surface area contributed by atoms with Gasteiger partial charge in [-0.2, -0.15) is 0 Å². The molecule has 2 heterocycles. The van der Waals surface area contributed by atoms with Crippen LogP contribution in [0.1, 0.15) is 16.9 Å². The fraction of sp³-hybridized carbons (Fsp3) is 0.130. The second-order valence-corrected chi connectivity index (χ2v) is 7.68. The van der Waals surface area contributed by atoms with E-state index in [9.17, 15) is 9.59 Å². The maximum absolute atomic E-state index is 12.7. The Morgan fingerprint density at radius 1 is 1.00 bits per heavy atom. The number of furan rings is 1. The van der Waals surface area contributed by atoms with Crippen molar-refractivity contribution in [3.8, 4) is 17.1 Å². The second-order valence-electron chi connectivity index (χ2n) is 6.68. The molecule has 3 aromatic rings. The zero-order valence-corrected chi connectivity index (χ0v) is 16.9. The van der Waals surface area contributed by atoms with Gasteiger partial charge in [-0.05, 0) is 48.5 Å². The molecule has 0 atom stereocenters. The Hall–Kier alpha value is -3.25. The Labute approximate surface area is 173 Å². The molecule has 0 unspecified atom stereocenters. The number of amides is 2. The van der Waals surface area contributed by atoms with E-state index in [-0.39, 0.29) is 17.7 Å². The third kappa shape index (κ3) is 4.12. The van der Waals surface area contributed by atoms with Gasteiger partial charge in [-0.3, -0.25) is 14.5 Å². The minimum Gasteiger partial charge on any atom is -0.497 e. The van der Waals surface area contributed by atoms with Crippen molar-refractivity contribution in [1.82, 2.24) is 4.90 Å². The van der Waals surface area contributed by atoms with Crippen molar-refractivity contribution in [2.24, 2.45) is 0 Å². The van der Waals surface area contributed by atoms with E-state index in [4.69, 9.17) is 9.15 Å². The van der Waals surface area contributed by atoms with Gasteiger partial charge in [-0.25, -0.2) is 0 Å². The van der Waals surface area contributed by atoms with Gasteiger partial charge in [0.2, 0.25) is 0 Å². The number of thioether (sulfide) groups is 1. The van der Waals surface area contributed by atoms with Crippen LogP contribution in [0.25, 0.3) is 17.4 Å². The van der Waals surface area contributed by atoms with Crippen molar-refractivity contribution < 1.29 is 18.7 Å². The molecular weight excluding hydrogens is 386 g/mol. The lowest BCUT2D eigenvalue weighted by atomic mass is 10.1. The van der Waals surface area contributed by atoms with Crippen molar-refractivity contribution in [2.75, 3.05) is 7.11 Å². The van der Waals surface area contributed by atoms with Gasteiger partial charge in [-0.15, -0.1) is 0 Å². The first-order valence-corrected chi connectivity index (χ1v) is 9.90. The molecule has 5 nitrogen and oxygen atoms in total. The summed E-state index contributed by atoms with van der Waals surface area (Å²) in [5.74, 6) is 1.67. The van der Waals surface area contributed by atoms with Crippen LogP contribution in [0.5, 0.6) is 5.75 Å². The third-order valence-corrected chi connectivity index (χ3v) is 5.52. The van der Waals surface area contributed by atoms with E-state index in [0.717, 1.165) is 28.6 Å². The normalized spacial score (nSPS) is 15.4. The highest BCUT2D eigenvalue weighted by Crippen LogP contribution is 2.34. The topological polar surface area (TPSA) is 59.8 Å². The molecule has 0 N–H and O–H groups in total. The number of rotatable bonds is 5. The van der Waals surface area contributed by atoms with Crippen molar-refractivity contribution in [3.05, 3.63) is 82.5 Å². The number of aryl methyl sites for hydroxylation is 1. The first-order chi connectivity index (χ1) is 14.0. The van der Waals surface area contributed by atoms with Crippen LogP contribution in [0.3, 0.4) is 0 Å². The van der Waals surface area contributed by atoms with E-state index < -0.39 is 0 Å². The summed E-state index contributed by atoms with van der Waals surface area (Å²) >= 11 is 0.924. The van der Waals surface area contributed by atoms with E-state index in [1.807, 2.05) is 49.4 Å². The molecule has 6 heteroatoms. The van der Waals surface area contributed by atoms with Gasteiger partial charge >= 0.3 is 0 Å². The summed E-state index contributed by atoms with van der Waals surface area (Å²) in [4.78, 5) is 26.6. The van der Waals surface area contributed by atoms with Gasteiger partial charge in [0, 0.05) is 11.6 Å². The summed E-state index contributed by atoms with van der Waals surface area (Å²) in [5, 5.41) is -0.289. The fourth-order valence-corrected chi connectivity index (χ4v) is 3.80. The molecule has 29 heavy (non-hydrogen) atoms. The first kappa shape index (κ1) is 19.1. The van der Waals surface area contributed by atoms with Crippen molar-refractivity contribution in [3.63, 3.8) is 0 Å². The lowest BCUT2D eigenvalue weighted by Gasteiger charge is -2.12. The number of ether oxygens (including phenoxy) is 1. The Morgan fingerprint density at radius 2 is 1.72 bits per heavy atom. The van der Waals surface area contributed by atoms with Crippen LogP contribution in [-0.2, 0) is 11.3 Å². The van der Waals surface area contributed by atoms with Crippen molar-refractivity contribution in [1.29, 1.82) is 0 Å². The summed E-state index contributed by atoms with van der Waals surface area (Å²) in [5.41, 5.74) is 2.99. The lowest BCUT2D eigenvalue weighted by Crippen LogP contribution is -2.27. The minimum atomic E-state index is -0.316. The zero-order chi connectivity index (χ0) is 20.4. The molecule has 0 radical (unpaired) electrons. The highest BCUT2D eigenvalue weighted by atomic mass is 32.2. The van der Waals surface area contributed by atoms with E-state index >= 15 is 0 Å². The molecule has 2 aromatic carbocycles. The van der Waals surface area contributed by atoms with Gasteiger partial charge in [0.15, 0.2) is 0 Å². The van der Waals surface area contributed by atoms with Crippen molar-refractivity contribution >= 4 is 29.0 Å². The Bertz CT molecular complexity index is 1080. The monoisotopic (exact) mass is 405 g/mol. The van der Waals surface area contributed by atoms with Crippen molar-refractivity contribution in [2.45, 2.75) is 13.5 Å². The van der Waals surface area contributed by atoms with Gasteiger partial charge in [0.25, 0.3) is 11.1 Å². The molecule has 0 aliphatic carbocycles. The molecule has 4 rings (SSSR count). The van der Waals surface area contributed by atoms with Crippen LogP contribution in [0.2, 0.25) is 0 Å². The van der Waals surface area contributed by atoms with Crippen LogP contribution < -0.4 is 4.74 Å². The summed E-state index contributed by atoms with van der Waals surface area (Å²) in [6.45, 7) is 2.25. The van der Waals surface area contributed by atoms with E-state index in [1.54, 1.807) is 31.4 Å². The van der Waals surface area contributed by atoms with Gasteiger partial charge in [-0.1, -0.05) is 42.0 Å². The predicted molar refractivity (Wildman–Crippen MR) is 113 cm³/mol. The lowest BCUT2D eigenvalue weighted by molar-refractivity contribution is -0.123. The summed E-state index contributed by atoms with van der Waals surface area (Å²) < 4.78 is 11.0. The SMILES string of the molecule is COc1ccc(CN2C(=O)S/C(=C\c3ccc(-c4ccc(C)cc4)o3)C2=O)cc1. The molecule has 0 spiro atoms. The van der Waals surface area contributed by atoms with E-state index in [2.05, 4.69) is 0 Å². The summed E-state index contributed by atoms with van der Waals surface area (Å²) in [6.07, 6.45) is 1.62. The average molecular weight is 405 g/mol.